The first-order chi connectivity index (χ1) is 7.59. The van der Waals surface area contributed by atoms with Crippen molar-refractivity contribution in [3.05, 3.63) is 34.9 Å². The van der Waals surface area contributed by atoms with E-state index in [0.29, 0.717) is 10.8 Å². The van der Waals surface area contributed by atoms with Crippen LogP contribution in [0.2, 0.25) is 5.02 Å². The predicted molar refractivity (Wildman–Crippen MR) is 65.5 cm³/mol. The molecule has 0 amide bonds. The summed E-state index contributed by atoms with van der Waals surface area (Å²) in [6.07, 6.45) is 0. The number of benzene rings is 1. The van der Waals surface area contributed by atoms with Crippen LogP contribution >= 0.6 is 11.6 Å². The summed E-state index contributed by atoms with van der Waals surface area (Å²) >= 11 is 5.84. The molecule has 0 aliphatic heterocycles. The van der Waals surface area contributed by atoms with Gasteiger partial charge in [0.2, 0.25) is 0 Å². The first kappa shape index (κ1) is 11.0. The molecule has 2 N–H and O–H groups in total. The van der Waals surface area contributed by atoms with Crippen molar-refractivity contribution in [3.63, 3.8) is 0 Å². The molecule has 1 aromatic heterocycles. The van der Waals surface area contributed by atoms with E-state index < -0.39 is 0 Å². The highest BCUT2D eigenvalue weighted by molar-refractivity contribution is 6.30. The molecule has 84 valence electrons. The molecule has 0 unspecified atom stereocenters. The maximum absolute atomic E-state index is 5.84. The van der Waals surface area contributed by atoms with E-state index in [0.717, 1.165) is 16.9 Å². The Morgan fingerprint density at radius 2 is 1.88 bits per heavy atom. The van der Waals surface area contributed by atoms with Crippen molar-refractivity contribution in [2.45, 2.75) is 19.8 Å². The molecule has 0 atom stereocenters. The smallest absolute Gasteiger partial charge is 0.172 e. The van der Waals surface area contributed by atoms with Gasteiger partial charge in [0.1, 0.15) is 0 Å². The molecule has 0 radical (unpaired) electrons. The minimum absolute atomic E-state index is 0.275. The Morgan fingerprint density at radius 3 is 2.44 bits per heavy atom. The molecule has 0 fully saturated rings. The second-order valence-electron chi connectivity index (χ2n) is 3.97. The van der Waals surface area contributed by atoms with Gasteiger partial charge in [-0.3, -0.25) is 0 Å². The van der Waals surface area contributed by atoms with E-state index in [9.17, 15) is 0 Å². The lowest BCUT2D eigenvalue weighted by molar-refractivity contribution is 0.434. The standard InChI is InChI=1S/C12H13ClN2O/c1-7(2)10-11(16-15-12(10)14)8-3-5-9(13)6-4-8/h3-7H,1-2H3,(H2,14,15). The molecule has 2 aromatic rings. The van der Waals surface area contributed by atoms with Crippen LogP contribution in [0.5, 0.6) is 0 Å². The molecule has 4 heteroatoms. The molecule has 0 bridgehead atoms. The zero-order valence-electron chi connectivity index (χ0n) is 9.20. The number of nitrogens with zero attached hydrogens (tertiary/aromatic N) is 1. The second kappa shape index (κ2) is 4.18. The highest BCUT2D eigenvalue weighted by atomic mass is 35.5. The molecule has 16 heavy (non-hydrogen) atoms. The molecule has 1 aromatic carbocycles. The summed E-state index contributed by atoms with van der Waals surface area (Å²) in [4.78, 5) is 0. The van der Waals surface area contributed by atoms with E-state index >= 15 is 0 Å². The number of aromatic nitrogens is 1. The van der Waals surface area contributed by atoms with Crippen LogP contribution in [-0.2, 0) is 0 Å². The molecule has 2 rings (SSSR count). The zero-order chi connectivity index (χ0) is 11.7. The molecule has 0 saturated heterocycles. The van der Waals surface area contributed by atoms with E-state index in [1.165, 1.54) is 0 Å². The molecule has 0 spiro atoms. The van der Waals surface area contributed by atoms with Crippen molar-refractivity contribution in [2.24, 2.45) is 0 Å². The highest BCUT2D eigenvalue weighted by Gasteiger charge is 2.18. The van der Waals surface area contributed by atoms with Crippen molar-refractivity contribution in [2.75, 3.05) is 5.73 Å². The van der Waals surface area contributed by atoms with Gasteiger partial charge in [-0.25, -0.2) is 0 Å². The number of halogens is 1. The number of rotatable bonds is 2. The summed E-state index contributed by atoms with van der Waals surface area (Å²) in [5.74, 6) is 1.46. The number of hydrogen-bond donors (Lipinski definition) is 1. The lowest BCUT2D eigenvalue weighted by atomic mass is 9.99. The Balaban J connectivity index is 2.52. The average Bonchev–Trinajstić information content (AvgIpc) is 2.61. The van der Waals surface area contributed by atoms with Crippen LogP contribution in [0.3, 0.4) is 0 Å². The topological polar surface area (TPSA) is 52.0 Å². The number of hydrogen-bond acceptors (Lipinski definition) is 3. The third-order valence-electron chi connectivity index (χ3n) is 2.44. The second-order valence-corrected chi connectivity index (χ2v) is 4.41. The summed E-state index contributed by atoms with van der Waals surface area (Å²) in [6, 6.07) is 7.43. The lowest BCUT2D eigenvalue weighted by Gasteiger charge is -2.05. The fraction of sp³-hybridized carbons (Fsp3) is 0.250. The van der Waals surface area contributed by atoms with Gasteiger partial charge in [-0.2, -0.15) is 0 Å². The van der Waals surface area contributed by atoms with E-state index in [-0.39, 0.29) is 5.92 Å². The van der Waals surface area contributed by atoms with Crippen LogP contribution in [0, 0.1) is 0 Å². The first-order valence-corrected chi connectivity index (χ1v) is 5.48. The van der Waals surface area contributed by atoms with Crippen molar-refractivity contribution in [1.29, 1.82) is 0 Å². The Hall–Kier alpha value is -1.48. The molecule has 0 aliphatic carbocycles. The van der Waals surface area contributed by atoms with Crippen LogP contribution < -0.4 is 5.73 Å². The SMILES string of the molecule is CC(C)c1c(N)noc1-c1ccc(Cl)cc1. The van der Waals surface area contributed by atoms with Crippen LogP contribution in [0.25, 0.3) is 11.3 Å². The van der Waals surface area contributed by atoms with E-state index in [1.807, 2.05) is 24.3 Å². The van der Waals surface area contributed by atoms with Gasteiger partial charge < -0.3 is 10.3 Å². The third kappa shape index (κ3) is 1.91. The fourth-order valence-electron chi connectivity index (χ4n) is 1.68. The van der Waals surface area contributed by atoms with E-state index in [4.69, 9.17) is 21.9 Å². The van der Waals surface area contributed by atoms with E-state index in [2.05, 4.69) is 19.0 Å². The summed E-state index contributed by atoms with van der Waals surface area (Å²) in [5.41, 5.74) is 7.67. The maximum atomic E-state index is 5.84. The predicted octanol–water partition coefficient (Wildman–Crippen LogP) is 3.70. The van der Waals surface area contributed by atoms with Crippen molar-refractivity contribution < 1.29 is 4.52 Å². The number of anilines is 1. The molecule has 1 heterocycles. The highest BCUT2D eigenvalue weighted by Crippen LogP contribution is 2.33. The molecular formula is C12H13ClN2O. The average molecular weight is 237 g/mol. The summed E-state index contributed by atoms with van der Waals surface area (Å²) < 4.78 is 5.26. The van der Waals surface area contributed by atoms with Gasteiger partial charge in [-0.1, -0.05) is 30.6 Å². The fourth-order valence-corrected chi connectivity index (χ4v) is 1.80. The summed E-state index contributed by atoms with van der Waals surface area (Å²) in [7, 11) is 0. The zero-order valence-corrected chi connectivity index (χ0v) is 9.95. The summed E-state index contributed by atoms with van der Waals surface area (Å²) in [5, 5.41) is 4.50. The molecular weight excluding hydrogens is 224 g/mol. The van der Waals surface area contributed by atoms with E-state index in [1.54, 1.807) is 0 Å². The van der Waals surface area contributed by atoms with Gasteiger partial charge in [-0.05, 0) is 30.2 Å². The molecule has 3 nitrogen and oxygen atoms in total. The first-order valence-electron chi connectivity index (χ1n) is 5.10. The largest absolute Gasteiger partial charge is 0.381 e. The van der Waals surface area contributed by atoms with Gasteiger partial charge >= 0.3 is 0 Å². The lowest BCUT2D eigenvalue weighted by Crippen LogP contribution is -1.95. The van der Waals surface area contributed by atoms with Gasteiger partial charge in [0, 0.05) is 16.1 Å². The van der Waals surface area contributed by atoms with Crippen LogP contribution in [0.15, 0.2) is 28.8 Å². The Labute approximate surface area is 99.2 Å². The minimum atomic E-state index is 0.275. The van der Waals surface area contributed by atoms with Crippen LogP contribution in [0.1, 0.15) is 25.3 Å². The monoisotopic (exact) mass is 236 g/mol. The maximum Gasteiger partial charge on any atom is 0.172 e. The molecule has 0 saturated carbocycles. The Kier molecular flexibility index (Phi) is 2.88. The minimum Gasteiger partial charge on any atom is -0.381 e. The quantitative estimate of drug-likeness (QED) is 0.865. The van der Waals surface area contributed by atoms with Gasteiger partial charge in [0.15, 0.2) is 11.6 Å². The third-order valence-corrected chi connectivity index (χ3v) is 2.69. The van der Waals surface area contributed by atoms with Gasteiger partial charge in [0.25, 0.3) is 0 Å². The van der Waals surface area contributed by atoms with Gasteiger partial charge in [-0.15, -0.1) is 0 Å². The van der Waals surface area contributed by atoms with Crippen molar-refractivity contribution >= 4 is 17.4 Å². The van der Waals surface area contributed by atoms with Gasteiger partial charge in [0.05, 0.1) is 0 Å². The van der Waals surface area contributed by atoms with Crippen molar-refractivity contribution in [1.82, 2.24) is 5.16 Å². The van der Waals surface area contributed by atoms with Crippen LogP contribution in [0.4, 0.5) is 5.82 Å². The Bertz CT molecular complexity index is 488. The molecule has 0 aliphatic rings. The van der Waals surface area contributed by atoms with Crippen LogP contribution in [-0.4, -0.2) is 5.16 Å². The summed E-state index contributed by atoms with van der Waals surface area (Å²) in [6.45, 7) is 4.12. The number of nitrogens with two attached hydrogens (primary N) is 1. The Morgan fingerprint density at radius 1 is 1.25 bits per heavy atom. The van der Waals surface area contributed by atoms with Crippen molar-refractivity contribution in [3.8, 4) is 11.3 Å². The normalized spacial score (nSPS) is 11.0. The number of nitrogen functional groups attached to an aromatic ring is 1.